The molecule has 1 N–H and O–H groups in total. The molecule has 3 aromatic rings. The van der Waals surface area contributed by atoms with E-state index in [1.54, 1.807) is 13.3 Å². The Hall–Kier alpha value is -3.14. The zero-order valence-electron chi connectivity index (χ0n) is 12.7. The summed E-state index contributed by atoms with van der Waals surface area (Å²) in [5, 5.41) is 3.40. The number of para-hydroxylation sites is 2. The van der Waals surface area contributed by atoms with Crippen LogP contribution >= 0.6 is 0 Å². The first-order chi connectivity index (χ1) is 11.4. The fourth-order valence-electron chi connectivity index (χ4n) is 2.74. The molecular weight excluding hydrogens is 286 g/mol. The molecule has 0 fully saturated rings. The second-order valence-corrected chi connectivity index (χ2v) is 5.20. The largest absolute Gasteiger partial charge is 0.496 e. The number of rotatable bonds is 2. The summed E-state index contributed by atoms with van der Waals surface area (Å²) in [6.07, 6.45) is 1.80. The number of hydrogen-bond acceptors (Lipinski definition) is 4. The third-order valence-electron chi connectivity index (χ3n) is 3.81. The molecular formula is C19H15N3O. The van der Waals surface area contributed by atoms with Gasteiger partial charge in [0, 0.05) is 11.8 Å². The van der Waals surface area contributed by atoms with Crippen molar-refractivity contribution in [2.75, 3.05) is 12.4 Å². The first-order valence-corrected chi connectivity index (χ1v) is 7.40. The normalized spacial score (nSPS) is 12.3. The van der Waals surface area contributed by atoms with Crippen molar-refractivity contribution < 1.29 is 4.74 Å². The van der Waals surface area contributed by atoms with E-state index >= 15 is 0 Å². The first-order valence-electron chi connectivity index (χ1n) is 7.40. The van der Waals surface area contributed by atoms with Crippen molar-refractivity contribution >= 4 is 17.2 Å². The van der Waals surface area contributed by atoms with Crippen molar-refractivity contribution in [3.63, 3.8) is 0 Å². The number of amidine groups is 1. The zero-order chi connectivity index (χ0) is 15.6. The Kier molecular flexibility index (Phi) is 3.27. The van der Waals surface area contributed by atoms with Gasteiger partial charge < -0.3 is 10.1 Å². The molecule has 2 heterocycles. The number of benzene rings is 2. The van der Waals surface area contributed by atoms with Crippen molar-refractivity contribution in [1.29, 1.82) is 0 Å². The summed E-state index contributed by atoms with van der Waals surface area (Å²) >= 11 is 0. The zero-order valence-corrected chi connectivity index (χ0v) is 12.7. The number of aliphatic imine (C=N–C) groups is 1. The Labute approximate surface area is 134 Å². The van der Waals surface area contributed by atoms with Crippen LogP contribution in [0, 0.1) is 0 Å². The summed E-state index contributed by atoms with van der Waals surface area (Å²) in [5.74, 6) is 1.53. The maximum atomic E-state index is 5.48. The monoisotopic (exact) mass is 301 g/mol. The quantitative estimate of drug-likeness (QED) is 0.769. The van der Waals surface area contributed by atoms with Gasteiger partial charge in [0.2, 0.25) is 0 Å². The highest BCUT2D eigenvalue weighted by molar-refractivity contribution is 6.14. The van der Waals surface area contributed by atoms with E-state index in [-0.39, 0.29) is 0 Å². The topological polar surface area (TPSA) is 46.5 Å². The van der Waals surface area contributed by atoms with Gasteiger partial charge in [-0.15, -0.1) is 0 Å². The van der Waals surface area contributed by atoms with E-state index < -0.39 is 0 Å². The maximum Gasteiger partial charge on any atom is 0.142 e. The van der Waals surface area contributed by atoms with E-state index in [2.05, 4.69) is 10.3 Å². The van der Waals surface area contributed by atoms with Crippen LogP contribution in [0.4, 0.5) is 11.4 Å². The molecule has 0 aliphatic carbocycles. The molecule has 4 rings (SSSR count). The predicted octanol–water partition coefficient (Wildman–Crippen LogP) is 4.26. The molecule has 1 aliphatic rings. The van der Waals surface area contributed by atoms with Crippen LogP contribution in [0.25, 0.3) is 11.3 Å². The van der Waals surface area contributed by atoms with Crippen molar-refractivity contribution in [3.8, 4) is 17.0 Å². The molecule has 0 bridgehead atoms. The summed E-state index contributed by atoms with van der Waals surface area (Å²) in [6, 6.07) is 19.8. The lowest BCUT2D eigenvalue weighted by Crippen LogP contribution is -2.14. The van der Waals surface area contributed by atoms with Crippen LogP contribution in [-0.4, -0.2) is 17.9 Å². The maximum absolute atomic E-state index is 5.48. The summed E-state index contributed by atoms with van der Waals surface area (Å²) in [7, 11) is 1.67. The average molecular weight is 301 g/mol. The van der Waals surface area contributed by atoms with E-state index in [4.69, 9.17) is 9.73 Å². The molecule has 0 unspecified atom stereocenters. The molecule has 112 valence electrons. The Bertz CT molecular complexity index is 902. The van der Waals surface area contributed by atoms with Crippen LogP contribution in [0.5, 0.6) is 5.75 Å². The lowest BCUT2D eigenvalue weighted by Gasteiger charge is -2.12. The molecule has 1 aromatic heterocycles. The number of hydrogen-bond donors (Lipinski definition) is 1. The molecule has 0 saturated carbocycles. The van der Waals surface area contributed by atoms with Gasteiger partial charge in [-0.1, -0.05) is 30.3 Å². The minimum atomic E-state index is 0.752. The summed E-state index contributed by atoms with van der Waals surface area (Å²) in [6.45, 7) is 0. The van der Waals surface area contributed by atoms with Gasteiger partial charge in [-0.05, 0) is 30.3 Å². The molecule has 2 aromatic carbocycles. The SMILES string of the molecule is COc1ccccc1C1=Nc2ccccc2-c2ncccc2N1. The number of methoxy groups -OCH3 is 1. The van der Waals surface area contributed by atoms with Crippen LogP contribution in [0.15, 0.2) is 71.9 Å². The number of nitrogens with one attached hydrogen (secondary N) is 1. The molecule has 0 spiro atoms. The fourth-order valence-corrected chi connectivity index (χ4v) is 2.74. The number of fused-ring (bicyclic) bond motifs is 3. The number of nitrogens with zero attached hydrogens (tertiary/aromatic N) is 2. The minimum absolute atomic E-state index is 0.752. The van der Waals surface area contributed by atoms with Gasteiger partial charge in [0.15, 0.2) is 0 Å². The second-order valence-electron chi connectivity index (χ2n) is 5.20. The van der Waals surface area contributed by atoms with E-state index in [9.17, 15) is 0 Å². The van der Waals surface area contributed by atoms with Crippen LogP contribution < -0.4 is 10.1 Å². The first kappa shape index (κ1) is 13.5. The lowest BCUT2D eigenvalue weighted by molar-refractivity contribution is 0.414. The minimum Gasteiger partial charge on any atom is -0.496 e. The third kappa shape index (κ3) is 2.34. The molecule has 4 heteroatoms. The van der Waals surface area contributed by atoms with Crippen molar-refractivity contribution in [1.82, 2.24) is 4.98 Å². The van der Waals surface area contributed by atoms with E-state index in [1.807, 2.05) is 60.7 Å². The third-order valence-corrected chi connectivity index (χ3v) is 3.81. The summed E-state index contributed by atoms with van der Waals surface area (Å²) < 4.78 is 5.48. The van der Waals surface area contributed by atoms with Gasteiger partial charge in [-0.3, -0.25) is 4.98 Å². The Morgan fingerprint density at radius 2 is 1.65 bits per heavy atom. The van der Waals surface area contributed by atoms with E-state index in [1.165, 1.54) is 0 Å². The van der Waals surface area contributed by atoms with Gasteiger partial charge in [0.1, 0.15) is 11.6 Å². The highest BCUT2D eigenvalue weighted by Gasteiger charge is 2.19. The molecule has 0 atom stereocenters. The molecule has 0 radical (unpaired) electrons. The number of aromatic nitrogens is 1. The molecule has 23 heavy (non-hydrogen) atoms. The molecule has 1 aliphatic heterocycles. The Morgan fingerprint density at radius 1 is 0.870 bits per heavy atom. The Morgan fingerprint density at radius 3 is 2.52 bits per heavy atom. The molecule has 0 saturated heterocycles. The smallest absolute Gasteiger partial charge is 0.142 e. The highest BCUT2D eigenvalue weighted by Crippen LogP contribution is 2.37. The van der Waals surface area contributed by atoms with E-state index in [0.717, 1.165) is 39.8 Å². The molecule has 4 nitrogen and oxygen atoms in total. The highest BCUT2D eigenvalue weighted by atomic mass is 16.5. The van der Waals surface area contributed by atoms with Crippen molar-refractivity contribution in [2.24, 2.45) is 4.99 Å². The molecule has 0 amide bonds. The van der Waals surface area contributed by atoms with Crippen molar-refractivity contribution in [3.05, 3.63) is 72.4 Å². The number of anilines is 1. The summed E-state index contributed by atoms with van der Waals surface area (Å²) in [5.41, 5.74) is 4.65. The van der Waals surface area contributed by atoms with Gasteiger partial charge in [-0.25, -0.2) is 4.99 Å². The predicted molar refractivity (Wildman–Crippen MR) is 92.5 cm³/mol. The summed E-state index contributed by atoms with van der Waals surface area (Å²) in [4.78, 5) is 9.34. The van der Waals surface area contributed by atoms with E-state index in [0.29, 0.717) is 0 Å². The lowest BCUT2D eigenvalue weighted by atomic mass is 10.1. The van der Waals surface area contributed by atoms with Gasteiger partial charge >= 0.3 is 0 Å². The van der Waals surface area contributed by atoms with Crippen LogP contribution in [0.2, 0.25) is 0 Å². The average Bonchev–Trinajstić information content (AvgIpc) is 2.78. The van der Waals surface area contributed by atoms with Crippen LogP contribution in [-0.2, 0) is 0 Å². The van der Waals surface area contributed by atoms with Gasteiger partial charge in [0.25, 0.3) is 0 Å². The van der Waals surface area contributed by atoms with Gasteiger partial charge in [0.05, 0.1) is 29.7 Å². The number of pyridine rings is 1. The standard InChI is InChI=1S/C19H15N3O/c1-23-17-11-5-3-8-14(17)19-21-15-9-4-2-7-13(15)18-16(22-19)10-6-12-20-18/h2-12H,1H3,(H,21,22). The fraction of sp³-hybridized carbons (Fsp3) is 0.0526. The number of ether oxygens (including phenoxy) is 1. The van der Waals surface area contributed by atoms with Crippen molar-refractivity contribution in [2.45, 2.75) is 0 Å². The Balaban J connectivity index is 1.96. The second kappa shape index (κ2) is 5.57. The van der Waals surface area contributed by atoms with Crippen LogP contribution in [0.3, 0.4) is 0 Å². The van der Waals surface area contributed by atoms with Gasteiger partial charge in [-0.2, -0.15) is 0 Å². The van der Waals surface area contributed by atoms with Crippen LogP contribution in [0.1, 0.15) is 5.56 Å².